The van der Waals surface area contributed by atoms with Crippen LogP contribution in [-0.4, -0.2) is 13.2 Å². The second-order valence-electron chi connectivity index (χ2n) is 1.79. The monoisotopic (exact) mass is 115 g/mol. The molecule has 2 heteroatoms. The van der Waals surface area contributed by atoms with Gasteiger partial charge in [0.2, 0.25) is 0 Å². The fourth-order valence-electron chi connectivity index (χ4n) is 0.378. The first-order valence-electron chi connectivity index (χ1n) is 3.06. The molecule has 0 rings (SSSR count). The van der Waals surface area contributed by atoms with Crippen molar-refractivity contribution in [3.8, 4) is 0 Å². The Morgan fingerprint density at radius 2 is 2.25 bits per heavy atom. The van der Waals surface area contributed by atoms with E-state index in [9.17, 15) is 0 Å². The minimum absolute atomic E-state index is 0.398. The highest BCUT2D eigenvalue weighted by atomic mass is 15.1. The van der Waals surface area contributed by atoms with Crippen molar-refractivity contribution in [2.45, 2.75) is 26.4 Å². The lowest BCUT2D eigenvalue weighted by Crippen LogP contribution is -2.35. The number of hydrogen-bond donors (Lipinski definition) is 2. The van der Waals surface area contributed by atoms with E-state index in [-0.39, 0.29) is 0 Å². The zero-order valence-electron chi connectivity index (χ0n) is 5.86. The number of rotatable bonds is 4. The van der Waals surface area contributed by atoms with E-state index in [2.05, 4.69) is 24.5 Å². The fourth-order valence-corrected chi connectivity index (χ4v) is 0.378. The van der Waals surface area contributed by atoms with E-state index in [1.807, 2.05) is 13.6 Å². The first-order valence-corrected chi connectivity index (χ1v) is 3.06. The maximum Gasteiger partial charge on any atom is 0.0542 e. The third-order valence-corrected chi connectivity index (χ3v) is 1.00. The molecule has 0 aromatic heterocycles. The van der Waals surface area contributed by atoms with Crippen molar-refractivity contribution in [1.82, 2.24) is 10.6 Å². The van der Waals surface area contributed by atoms with E-state index in [1.54, 1.807) is 0 Å². The van der Waals surface area contributed by atoms with E-state index in [1.165, 1.54) is 0 Å². The molecule has 2 N–H and O–H groups in total. The summed E-state index contributed by atoms with van der Waals surface area (Å²) in [5, 5.41) is 6.20. The van der Waals surface area contributed by atoms with Crippen LogP contribution in [0.1, 0.15) is 20.3 Å². The van der Waals surface area contributed by atoms with Crippen LogP contribution < -0.4 is 10.6 Å². The molecule has 0 bridgehead atoms. The van der Waals surface area contributed by atoms with Crippen LogP contribution in [0.15, 0.2) is 0 Å². The van der Waals surface area contributed by atoms with Gasteiger partial charge in [-0.3, -0.25) is 5.32 Å². The largest absolute Gasteiger partial charge is 0.305 e. The van der Waals surface area contributed by atoms with Crippen LogP contribution in [0, 0.1) is 6.54 Å². The minimum atomic E-state index is 0.398. The quantitative estimate of drug-likeness (QED) is 0.527. The molecule has 0 aliphatic heterocycles. The van der Waals surface area contributed by atoms with Crippen LogP contribution in [0.25, 0.3) is 0 Å². The maximum atomic E-state index is 3.15. The van der Waals surface area contributed by atoms with Gasteiger partial charge in [-0.2, -0.15) is 0 Å². The summed E-state index contributed by atoms with van der Waals surface area (Å²) in [6.07, 6.45) is 1.47. The lowest BCUT2D eigenvalue weighted by Gasteiger charge is -2.09. The van der Waals surface area contributed by atoms with Gasteiger partial charge in [0.05, 0.1) is 6.17 Å². The summed E-state index contributed by atoms with van der Waals surface area (Å²) in [4.78, 5) is 0. The van der Waals surface area contributed by atoms with Gasteiger partial charge in [-0.25, -0.2) is 0 Å². The van der Waals surface area contributed by atoms with Crippen LogP contribution in [0.4, 0.5) is 0 Å². The predicted octanol–water partition coefficient (Wildman–Crippen LogP) is 0.713. The summed E-state index contributed by atoms with van der Waals surface area (Å²) >= 11 is 0. The van der Waals surface area contributed by atoms with Gasteiger partial charge >= 0.3 is 0 Å². The first kappa shape index (κ1) is 7.92. The van der Waals surface area contributed by atoms with Crippen LogP contribution in [0.2, 0.25) is 0 Å². The molecular formula is C6H15N2. The maximum absolute atomic E-state index is 3.15. The SMILES string of the molecule is CC[CH]NC(C)NC. The molecule has 0 saturated heterocycles. The molecule has 0 aromatic rings. The Balaban J connectivity index is 2.86. The van der Waals surface area contributed by atoms with Crippen LogP contribution in [-0.2, 0) is 0 Å². The van der Waals surface area contributed by atoms with E-state index < -0.39 is 0 Å². The van der Waals surface area contributed by atoms with Gasteiger partial charge < -0.3 is 5.32 Å². The molecule has 2 nitrogen and oxygen atoms in total. The molecule has 0 aromatic carbocycles. The van der Waals surface area contributed by atoms with E-state index >= 15 is 0 Å². The zero-order valence-corrected chi connectivity index (χ0v) is 5.86. The molecule has 8 heavy (non-hydrogen) atoms. The normalized spacial score (nSPS) is 13.9. The van der Waals surface area contributed by atoms with Crippen LogP contribution in [0.5, 0.6) is 0 Å². The first-order chi connectivity index (χ1) is 3.81. The Bertz CT molecular complexity index is 45.8. The van der Waals surface area contributed by atoms with Gasteiger partial charge in [-0.15, -0.1) is 0 Å². The molecular weight excluding hydrogens is 100 g/mol. The summed E-state index contributed by atoms with van der Waals surface area (Å²) < 4.78 is 0. The summed E-state index contributed by atoms with van der Waals surface area (Å²) in [6, 6.07) is 0. The molecule has 0 spiro atoms. The van der Waals surface area contributed by atoms with Crippen molar-refractivity contribution in [3.05, 3.63) is 6.54 Å². The van der Waals surface area contributed by atoms with Crippen molar-refractivity contribution >= 4 is 0 Å². The predicted molar refractivity (Wildman–Crippen MR) is 36.2 cm³/mol. The lowest BCUT2D eigenvalue weighted by atomic mass is 10.4. The third kappa shape index (κ3) is 4.09. The zero-order chi connectivity index (χ0) is 6.41. The fraction of sp³-hybridized carbons (Fsp3) is 0.833. The van der Waals surface area contributed by atoms with Gasteiger partial charge in [-0.1, -0.05) is 6.92 Å². The summed E-state index contributed by atoms with van der Waals surface area (Å²) in [5.74, 6) is 0. The van der Waals surface area contributed by atoms with Crippen LogP contribution >= 0.6 is 0 Å². The van der Waals surface area contributed by atoms with Gasteiger partial charge in [0.25, 0.3) is 0 Å². The second-order valence-corrected chi connectivity index (χ2v) is 1.79. The van der Waals surface area contributed by atoms with Crippen molar-refractivity contribution in [2.75, 3.05) is 7.05 Å². The van der Waals surface area contributed by atoms with Crippen LogP contribution in [0.3, 0.4) is 0 Å². The number of hydrogen-bond acceptors (Lipinski definition) is 2. The molecule has 1 unspecified atom stereocenters. The van der Waals surface area contributed by atoms with Gasteiger partial charge in [0.15, 0.2) is 0 Å². The molecule has 0 amide bonds. The molecule has 0 fully saturated rings. The van der Waals surface area contributed by atoms with E-state index in [0.29, 0.717) is 6.17 Å². The highest BCUT2D eigenvalue weighted by Crippen LogP contribution is 1.79. The smallest absolute Gasteiger partial charge is 0.0542 e. The average Bonchev–Trinajstić information content (AvgIpc) is 1.83. The Kier molecular flexibility index (Phi) is 5.01. The standard InChI is InChI=1S/C6H15N2/c1-4-5-8-6(2)7-3/h5-8H,4H2,1-3H3. The van der Waals surface area contributed by atoms with Crippen molar-refractivity contribution in [1.29, 1.82) is 0 Å². The van der Waals surface area contributed by atoms with Gasteiger partial charge in [0, 0.05) is 6.54 Å². The number of nitrogens with one attached hydrogen (secondary N) is 2. The highest BCUT2D eigenvalue weighted by Gasteiger charge is 1.91. The molecule has 0 aliphatic rings. The minimum Gasteiger partial charge on any atom is -0.305 e. The molecule has 0 heterocycles. The van der Waals surface area contributed by atoms with Crippen molar-refractivity contribution in [3.63, 3.8) is 0 Å². The molecule has 1 radical (unpaired) electrons. The van der Waals surface area contributed by atoms with Gasteiger partial charge in [0.1, 0.15) is 0 Å². The van der Waals surface area contributed by atoms with E-state index in [0.717, 1.165) is 6.42 Å². The lowest BCUT2D eigenvalue weighted by molar-refractivity contribution is 0.527. The molecule has 0 aliphatic carbocycles. The molecule has 1 atom stereocenters. The average molecular weight is 115 g/mol. The highest BCUT2D eigenvalue weighted by molar-refractivity contribution is 4.62. The molecule has 49 valence electrons. The second kappa shape index (κ2) is 5.06. The molecule has 0 saturated carbocycles. The van der Waals surface area contributed by atoms with Crippen molar-refractivity contribution in [2.24, 2.45) is 0 Å². The Morgan fingerprint density at radius 3 is 2.62 bits per heavy atom. The Hall–Kier alpha value is -0.0800. The van der Waals surface area contributed by atoms with Crippen molar-refractivity contribution < 1.29 is 0 Å². The summed E-state index contributed by atoms with van der Waals surface area (Å²) in [7, 11) is 1.93. The summed E-state index contributed by atoms with van der Waals surface area (Å²) in [5.41, 5.74) is 0. The van der Waals surface area contributed by atoms with Gasteiger partial charge in [-0.05, 0) is 20.4 Å². The topological polar surface area (TPSA) is 24.1 Å². The summed E-state index contributed by atoms with van der Waals surface area (Å²) in [6.45, 7) is 6.22. The Morgan fingerprint density at radius 1 is 1.62 bits per heavy atom. The third-order valence-electron chi connectivity index (χ3n) is 1.00. The Labute approximate surface area is 51.7 Å². The van der Waals surface area contributed by atoms with E-state index in [4.69, 9.17) is 0 Å².